The highest BCUT2D eigenvalue weighted by Gasteiger charge is 2.22. The van der Waals surface area contributed by atoms with Crippen molar-refractivity contribution in [3.8, 4) is 0 Å². The summed E-state index contributed by atoms with van der Waals surface area (Å²) >= 11 is 3.53. The fourth-order valence-electron chi connectivity index (χ4n) is 2.60. The van der Waals surface area contributed by atoms with Gasteiger partial charge in [-0.2, -0.15) is 0 Å². The van der Waals surface area contributed by atoms with E-state index in [9.17, 15) is 0 Å². The van der Waals surface area contributed by atoms with Gasteiger partial charge in [0.25, 0.3) is 0 Å². The van der Waals surface area contributed by atoms with Crippen molar-refractivity contribution in [1.82, 2.24) is 5.32 Å². The molecule has 0 aliphatic heterocycles. The first kappa shape index (κ1) is 12.0. The van der Waals surface area contributed by atoms with E-state index in [0.717, 1.165) is 24.5 Å². The minimum atomic E-state index is 0.457. The molecule has 1 aliphatic rings. The Bertz CT molecular complexity index is 561. The van der Waals surface area contributed by atoms with E-state index in [-0.39, 0.29) is 0 Å². The molecule has 0 amide bonds. The summed E-state index contributed by atoms with van der Waals surface area (Å²) < 4.78 is 6.75. The molecule has 0 fully saturated rings. The van der Waals surface area contributed by atoms with E-state index in [1.54, 1.807) is 0 Å². The summed E-state index contributed by atoms with van der Waals surface area (Å²) in [5.74, 6) is 1.99. The van der Waals surface area contributed by atoms with Gasteiger partial charge < -0.3 is 9.73 Å². The van der Waals surface area contributed by atoms with Crippen LogP contribution in [0, 0.1) is 6.92 Å². The molecular weight excluding hydrogens is 290 g/mol. The number of halogens is 1. The minimum absolute atomic E-state index is 0.457. The number of furan rings is 1. The zero-order valence-electron chi connectivity index (χ0n) is 10.4. The Morgan fingerprint density at radius 2 is 2.22 bits per heavy atom. The third-order valence-electron chi connectivity index (χ3n) is 3.50. The summed E-state index contributed by atoms with van der Waals surface area (Å²) in [5, 5.41) is 3.58. The third-order valence-corrected chi connectivity index (χ3v) is 3.99. The topological polar surface area (TPSA) is 25.2 Å². The number of rotatable bonds is 3. The number of nitrogens with one attached hydrogen (secondary N) is 1. The van der Waals surface area contributed by atoms with Gasteiger partial charge in [0.05, 0.1) is 6.54 Å². The van der Waals surface area contributed by atoms with Crippen molar-refractivity contribution >= 4 is 15.9 Å². The predicted octanol–water partition coefficient (Wildman–Crippen LogP) is 4.13. The number of hydrogen-bond acceptors (Lipinski definition) is 2. The average molecular weight is 306 g/mol. The molecule has 1 aromatic heterocycles. The Morgan fingerprint density at radius 1 is 1.33 bits per heavy atom. The Morgan fingerprint density at radius 3 is 3.00 bits per heavy atom. The molecule has 0 bridgehead atoms. The van der Waals surface area contributed by atoms with Crippen LogP contribution >= 0.6 is 15.9 Å². The van der Waals surface area contributed by atoms with Crippen LogP contribution < -0.4 is 5.32 Å². The van der Waals surface area contributed by atoms with Crippen LogP contribution in [0.15, 0.2) is 39.2 Å². The molecular formula is C15H16BrNO. The fraction of sp³-hybridized carbons (Fsp3) is 0.333. The highest BCUT2D eigenvalue weighted by Crippen LogP contribution is 2.33. The highest BCUT2D eigenvalue weighted by atomic mass is 79.9. The van der Waals surface area contributed by atoms with Crippen LogP contribution in [0.1, 0.15) is 35.1 Å². The Balaban J connectivity index is 1.69. The molecule has 1 aliphatic carbocycles. The summed E-state index contributed by atoms with van der Waals surface area (Å²) in [5.41, 5.74) is 2.89. The van der Waals surface area contributed by atoms with Crippen molar-refractivity contribution < 1.29 is 4.42 Å². The molecule has 3 rings (SSSR count). The number of hydrogen-bond donors (Lipinski definition) is 1. The number of benzene rings is 1. The quantitative estimate of drug-likeness (QED) is 0.922. The molecule has 0 radical (unpaired) electrons. The summed E-state index contributed by atoms with van der Waals surface area (Å²) in [6.07, 6.45) is 2.33. The van der Waals surface area contributed by atoms with E-state index in [1.165, 1.54) is 22.0 Å². The number of aryl methyl sites for hydroxylation is 2. The van der Waals surface area contributed by atoms with Gasteiger partial charge in [0, 0.05) is 10.5 Å². The molecule has 3 heteroatoms. The van der Waals surface area contributed by atoms with Crippen LogP contribution in [0.4, 0.5) is 0 Å². The maximum absolute atomic E-state index is 5.58. The van der Waals surface area contributed by atoms with Gasteiger partial charge in [-0.25, -0.2) is 0 Å². The smallest absolute Gasteiger partial charge is 0.117 e. The molecule has 1 heterocycles. The molecule has 2 aromatic rings. The number of fused-ring (bicyclic) bond motifs is 1. The molecule has 1 atom stereocenters. The monoisotopic (exact) mass is 305 g/mol. The van der Waals surface area contributed by atoms with Gasteiger partial charge in [-0.05, 0) is 55.2 Å². The fourth-order valence-corrected chi connectivity index (χ4v) is 3.01. The van der Waals surface area contributed by atoms with Crippen LogP contribution in [-0.2, 0) is 13.0 Å². The lowest BCUT2D eigenvalue weighted by atomic mass is 10.1. The summed E-state index contributed by atoms with van der Waals surface area (Å²) in [6, 6.07) is 11.1. The minimum Gasteiger partial charge on any atom is -0.465 e. The molecule has 1 N–H and O–H groups in total. The first-order valence-electron chi connectivity index (χ1n) is 6.29. The summed E-state index contributed by atoms with van der Waals surface area (Å²) in [4.78, 5) is 0. The Hall–Kier alpha value is -1.06. The zero-order valence-corrected chi connectivity index (χ0v) is 12.0. The van der Waals surface area contributed by atoms with Gasteiger partial charge in [0.1, 0.15) is 11.5 Å². The van der Waals surface area contributed by atoms with Crippen molar-refractivity contribution in [3.63, 3.8) is 0 Å². The van der Waals surface area contributed by atoms with E-state index in [1.807, 2.05) is 19.1 Å². The van der Waals surface area contributed by atoms with Gasteiger partial charge in [0.15, 0.2) is 0 Å². The van der Waals surface area contributed by atoms with Crippen molar-refractivity contribution in [2.75, 3.05) is 0 Å². The molecule has 0 saturated heterocycles. The highest BCUT2D eigenvalue weighted by molar-refractivity contribution is 9.10. The van der Waals surface area contributed by atoms with Gasteiger partial charge in [-0.1, -0.05) is 22.0 Å². The molecule has 18 heavy (non-hydrogen) atoms. The zero-order chi connectivity index (χ0) is 12.5. The SMILES string of the molecule is Cc1ccc(CNC2CCc3cc(Br)ccc32)o1. The largest absolute Gasteiger partial charge is 0.465 e. The van der Waals surface area contributed by atoms with Crippen LogP contribution in [0.5, 0.6) is 0 Å². The van der Waals surface area contributed by atoms with E-state index in [4.69, 9.17) is 4.42 Å². The molecule has 1 unspecified atom stereocenters. The summed E-state index contributed by atoms with van der Waals surface area (Å²) in [7, 11) is 0. The molecule has 0 spiro atoms. The second kappa shape index (κ2) is 4.90. The van der Waals surface area contributed by atoms with Gasteiger partial charge in [-0.15, -0.1) is 0 Å². The molecule has 0 saturated carbocycles. The predicted molar refractivity (Wildman–Crippen MR) is 75.5 cm³/mol. The van der Waals surface area contributed by atoms with Crippen molar-refractivity contribution in [2.24, 2.45) is 0 Å². The van der Waals surface area contributed by atoms with Gasteiger partial charge in [-0.3, -0.25) is 0 Å². The standard InChI is InChI=1S/C15H16BrNO/c1-10-2-5-13(18-10)9-17-15-7-3-11-8-12(16)4-6-14(11)15/h2,4-6,8,15,17H,3,7,9H2,1H3. The maximum atomic E-state index is 5.58. The van der Waals surface area contributed by atoms with Crippen LogP contribution in [0.3, 0.4) is 0 Å². The van der Waals surface area contributed by atoms with Gasteiger partial charge >= 0.3 is 0 Å². The van der Waals surface area contributed by atoms with Crippen LogP contribution in [0.25, 0.3) is 0 Å². The normalized spacial score (nSPS) is 18.0. The van der Waals surface area contributed by atoms with E-state index in [0.29, 0.717) is 6.04 Å². The lowest BCUT2D eigenvalue weighted by Crippen LogP contribution is -2.18. The molecule has 1 aromatic carbocycles. The molecule has 2 nitrogen and oxygen atoms in total. The first-order chi connectivity index (χ1) is 8.72. The van der Waals surface area contributed by atoms with Crippen molar-refractivity contribution in [3.05, 3.63) is 57.5 Å². The van der Waals surface area contributed by atoms with E-state index in [2.05, 4.69) is 39.4 Å². The lowest BCUT2D eigenvalue weighted by Gasteiger charge is -2.13. The van der Waals surface area contributed by atoms with Gasteiger partial charge in [0.2, 0.25) is 0 Å². The van der Waals surface area contributed by atoms with Crippen LogP contribution in [0.2, 0.25) is 0 Å². The second-order valence-electron chi connectivity index (χ2n) is 4.83. The summed E-state index contributed by atoms with van der Waals surface area (Å²) in [6.45, 7) is 2.78. The van der Waals surface area contributed by atoms with E-state index < -0.39 is 0 Å². The van der Waals surface area contributed by atoms with E-state index >= 15 is 0 Å². The first-order valence-corrected chi connectivity index (χ1v) is 7.09. The van der Waals surface area contributed by atoms with Crippen molar-refractivity contribution in [1.29, 1.82) is 0 Å². The average Bonchev–Trinajstić information content (AvgIpc) is 2.92. The second-order valence-corrected chi connectivity index (χ2v) is 5.74. The lowest BCUT2D eigenvalue weighted by molar-refractivity contribution is 0.434. The Labute approximate surface area is 116 Å². The van der Waals surface area contributed by atoms with Crippen LogP contribution in [-0.4, -0.2) is 0 Å². The Kier molecular flexibility index (Phi) is 3.27. The van der Waals surface area contributed by atoms with Crippen molar-refractivity contribution in [2.45, 2.75) is 32.4 Å². The molecule has 94 valence electrons. The maximum Gasteiger partial charge on any atom is 0.117 e. The third kappa shape index (κ3) is 2.38.